The van der Waals surface area contributed by atoms with E-state index in [0.717, 1.165) is 28.0 Å². The molecule has 5 aromatic rings. The van der Waals surface area contributed by atoms with Crippen LogP contribution in [0.25, 0.3) is 22.3 Å². The lowest BCUT2D eigenvalue weighted by molar-refractivity contribution is -0.118. The van der Waals surface area contributed by atoms with Gasteiger partial charge in [-0.15, -0.1) is 0 Å². The highest BCUT2D eigenvalue weighted by Gasteiger charge is 2.19. The number of rotatable bonds is 11. The number of hydrogen-bond acceptors (Lipinski definition) is 7. The second-order valence-corrected chi connectivity index (χ2v) is 11.7. The quantitative estimate of drug-likeness (QED) is 0.146. The van der Waals surface area contributed by atoms with Crippen molar-refractivity contribution in [2.75, 3.05) is 25.6 Å². The molecule has 9 nitrogen and oxygen atoms in total. The molecule has 0 spiro atoms. The summed E-state index contributed by atoms with van der Waals surface area (Å²) in [4.78, 5) is 31.4. The molecule has 1 heterocycles. The van der Waals surface area contributed by atoms with Gasteiger partial charge in [0.2, 0.25) is 0 Å². The standard InChI is InChI=1S/C37H37ClN4O5/c1-7-46-32-16-24(5)28(19-27(32)22(2)3)36-41-31-15-11-9-13-26(31)37(44)42(36)39-20-25-17-29(38)35(33(18-25)45-6)47-21-34(43)40-30-14-10-8-12-23(30)4/h8-20,22H,7,21H2,1-6H3,(H,40,43). The zero-order chi connectivity index (χ0) is 33.7. The predicted octanol–water partition coefficient (Wildman–Crippen LogP) is 7.76. The van der Waals surface area contributed by atoms with Gasteiger partial charge in [0.25, 0.3) is 11.5 Å². The Labute approximate surface area is 278 Å². The Balaban J connectivity index is 1.51. The molecule has 1 N–H and O–H groups in total. The molecule has 0 saturated heterocycles. The molecule has 47 heavy (non-hydrogen) atoms. The average Bonchev–Trinajstić information content (AvgIpc) is 3.04. The number of benzene rings is 4. The largest absolute Gasteiger partial charge is 0.494 e. The number of fused-ring (bicyclic) bond motifs is 1. The van der Waals surface area contributed by atoms with Crippen molar-refractivity contribution in [3.05, 3.63) is 110 Å². The van der Waals surface area contributed by atoms with Gasteiger partial charge in [-0.3, -0.25) is 9.59 Å². The third-order valence-electron chi connectivity index (χ3n) is 7.61. The monoisotopic (exact) mass is 652 g/mol. The maximum Gasteiger partial charge on any atom is 0.282 e. The number of methoxy groups -OCH3 is 1. The van der Waals surface area contributed by atoms with Crippen molar-refractivity contribution in [2.24, 2.45) is 5.10 Å². The van der Waals surface area contributed by atoms with Gasteiger partial charge in [0.15, 0.2) is 23.9 Å². The summed E-state index contributed by atoms with van der Waals surface area (Å²) in [6.45, 7) is 10.3. The van der Waals surface area contributed by atoms with Crippen LogP contribution in [0.5, 0.6) is 17.2 Å². The molecule has 0 atom stereocenters. The molecular formula is C37H37ClN4O5. The molecule has 1 aromatic heterocycles. The first-order valence-electron chi connectivity index (χ1n) is 15.3. The number of aromatic nitrogens is 2. The second-order valence-electron chi connectivity index (χ2n) is 11.3. The van der Waals surface area contributed by atoms with Crippen LogP contribution in [0.15, 0.2) is 82.7 Å². The Morgan fingerprint density at radius 1 is 1.00 bits per heavy atom. The van der Waals surface area contributed by atoms with Gasteiger partial charge in [-0.2, -0.15) is 9.78 Å². The molecule has 0 bridgehead atoms. The van der Waals surface area contributed by atoms with Crippen LogP contribution in [0.2, 0.25) is 5.02 Å². The maximum atomic E-state index is 13.9. The summed E-state index contributed by atoms with van der Waals surface area (Å²) in [6, 6.07) is 21.9. The average molecular weight is 653 g/mol. The number of amides is 1. The highest BCUT2D eigenvalue weighted by molar-refractivity contribution is 6.32. The Bertz CT molecular complexity index is 2040. The summed E-state index contributed by atoms with van der Waals surface area (Å²) in [7, 11) is 1.48. The summed E-state index contributed by atoms with van der Waals surface area (Å²) in [5.41, 5.74) is 5.08. The Kier molecular flexibility index (Phi) is 10.3. The van der Waals surface area contributed by atoms with Crippen LogP contribution < -0.4 is 25.1 Å². The van der Waals surface area contributed by atoms with Crippen molar-refractivity contribution < 1.29 is 19.0 Å². The summed E-state index contributed by atoms with van der Waals surface area (Å²) >= 11 is 6.62. The van der Waals surface area contributed by atoms with E-state index in [9.17, 15) is 9.59 Å². The summed E-state index contributed by atoms with van der Waals surface area (Å²) in [5, 5.41) is 8.10. The number of carbonyl (C=O) groups is 1. The molecular weight excluding hydrogens is 616 g/mol. The fourth-order valence-electron chi connectivity index (χ4n) is 5.19. The van der Waals surface area contributed by atoms with Crippen molar-refractivity contribution in [1.82, 2.24) is 9.66 Å². The zero-order valence-corrected chi connectivity index (χ0v) is 28.0. The Hall–Kier alpha value is -5.15. The molecule has 4 aromatic carbocycles. The van der Waals surface area contributed by atoms with E-state index in [4.69, 9.17) is 30.8 Å². The van der Waals surface area contributed by atoms with Gasteiger partial charge < -0.3 is 19.5 Å². The summed E-state index contributed by atoms with van der Waals surface area (Å²) in [6.07, 6.45) is 1.51. The third kappa shape index (κ3) is 7.31. The van der Waals surface area contributed by atoms with Crippen LogP contribution in [0, 0.1) is 13.8 Å². The number of aryl methyl sites for hydroxylation is 2. The first-order chi connectivity index (χ1) is 22.6. The molecule has 10 heteroatoms. The van der Waals surface area contributed by atoms with Crippen LogP contribution in [-0.4, -0.2) is 42.1 Å². The molecule has 0 aliphatic carbocycles. The van der Waals surface area contributed by atoms with Crippen LogP contribution in [0.1, 0.15) is 48.9 Å². The van der Waals surface area contributed by atoms with E-state index in [1.54, 1.807) is 24.3 Å². The molecule has 0 unspecified atom stereocenters. The lowest BCUT2D eigenvalue weighted by Gasteiger charge is -2.18. The minimum Gasteiger partial charge on any atom is -0.494 e. The van der Waals surface area contributed by atoms with Gasteiger partial charge in [-0.25, -0.2) is 4.98 Å². The van der Waals surface area contributed by atoms with Crippen molar-refractivity contribution in [3.63, 3.8) is 0 Å². The minimum atomic E-state index is -0.344. The van der Waals surface area contributed by atoms with Gasteiger partial charge in [0, 0.05) is 11.3 Å². The highest BCUT2D eigenvalue weighted by Crippen LogP contribution is 2.37. The van der Waals surface area contributed by atoms with Crippen LogP contribution in [0.4, 0.5) is 5.69 Å². The van der Waals surface area contributed by atoms with E-state index in [1.165, 1.54) is 18.0 Å². The molecule has 1 amide bonds. The second kappa shape index (κ2) is 14.5. The van der Waals surface area contributed by atoms with Gasteiger partial charge in [0.1, 0.15) is 5.75 Å². The predicted molar refractivity (Wildman–Crippen MR) is 188 cm³/mol. The molecule has 0 aliphatic rings. The molecule has 0 saturated carbocycles. The molecule has 0 fully saturated rings. The number of carbonyl (C=O) groups excluding carboxylic acids is 1. The van der Waals surface area contributed by atoms with Crippen molar-refractivity contribution in [2.45, 2.75) is 40.5 Å². The van der Waals surface area contributed by atoms with E-state index in [1.807, 2.05) is 69.3 Å². The fourth-order valence-corrected chi connectivity index (χ4v) is 5.47. The summed E-state index contributed by atoms with van der Waals surface area (Å²) < 4.78 is 18.6. The normalized spacial score (nSPS) is 11.3. The minimum absolute atomic E-state index is 0.170. The Morgan fingerprint density at radius 3 is 2.47 bits per heavy atom. The maximum absolute atomic E-state index is 13.9. The number of halogens is 1. The van der Waals surface area contributed by atoms with E-state index < -0.39 is 0 Å². The lowest BCUT2D eigenvalue weighted by Crippen LogP contribution is -2.21. The highest BCUT2D eigenvalue weighted by atomic mass is 35.5. The lowest BCUT2D eigenvalue weighted by atomic mass is 9.96. The first kappa shape index (κ1) is 33.2. The third-order valence-corrected chi connectivity index (χ3v) is 7.89. The molecule has 5 rings (SSSR count). The van der Waals surface area contributed by atoms with Crippen molar-refractivity contribution >= 4 is 40.3 Å². The SMILES string of the molecule is CCOc1cc(C)c(-c2nc3ccccc3c(=O)n2N=Cc2cc(Cl)c(OCC(=O)Nc3ccccc3C)c(OC)c2)cc1C(C)C. The molecule has 0 radical (unpaired) electrons. The van der Waals surface area contributed by atoms with E-state index >= 15 is 0 Å². The van der Waals surface area contributed by atoms with Gasteiger partial charge in [-0.05, 0) is 91.4 Å². The summed E-state index contributed by atoms with van der Waals surface area (Å²) in [5.74, 6) is 1.54. The number of nitrogens with zero attached hydrogens (tertiary/aromatic N) is 3. The number of para-hydroxylation sites is 2. The van der Waals surface area contributed by atoms with E-state index in [0.29, 0.717) is 40.3 Å². The van der Waals surface area contributed by atoms with Gasteiger partial charge >= 0.3 is 0 Å². The van der Waals surface area contributed by atoms with Gasteiger partial charge in [-0.1, -0.05) is 55.8 Å². The van der Waals surface area contributed by atoms with E-state index in [-0.39, 0.29) is 34.8 Å². The fraction of sp³-hybridized carbons (Fsp3) is 0.243. The first-order valence-corrected chi connectivity index (χ1v) is 15.7. The van der Waals surface area contributed by atoms with Crippen LogP contribution in [0.3, 0.4) is 0 Å². The topological polar surface area (TPSA) is 104 Å². The Morgan fingerprint density at radius 2 is 1.74 bits per heavy atom. The smallest absolute Gasteiger partial charge is 0.282 e. The van der Waals surface area contributed by atoms with Crippen LogP contribution in [-0.2, 0) is 4.79 Å². The number of ether oxygens (including phenoxy) is 3. The number of hydrogen-bond donors (Lipinski definition) is 1. The van der Waals surface area contributed by atoms with Crippen molar-refractivity contribution in [3.8, 4) is 28.6 Å². The molecule has 0 aliphatic heterocycles. The molecule has 242 valence electrons. The van der Waals surface area contributed by atoms with Crippen LogP contribution >= 0.6 is 11.6 Å². The van der Waals surface area contributed by atoms with E-state index in [2.05, 4.69) is 24.3 Å². The van der Waals surface area contributed by atoms with Gasteiger partial charge in [0.05, 0.1) is 35.9 Å². The number of anilines is 1. The number of nitrogens with one attached hydrogen (secondary N) is 1. The van der Waals surface area contributed by atoms with Crippen molar-refractivity contribution in [1.29, 1.82) is 0 Å². The zero-order valence-electron chi connectivity index (χ0n) is 27.3.